The molecular formula is C8H16S2. The molecule has 0 saturated heterocycles. The molecule has 0 nitrogen and oxygen atoms in total. The first-order chi connectivity index (χ1) is 4.83. The van der Waals surface area contributed by atoms with Gasteiger partial charge in [0.25, 0.3) is 0 Å². The van der Waals surface area contributed by atoms with Crippen molar-refractivity contribution in [3.8, 4) is 0 Å². The normalized spacial score (nSPS) is 21.0. The Bertz CT molecular complexity index is 97.4. The zero-order valence-electron chi connectivity index (χ0n) is 6.60. The fraction of sp³-hybridized carbons (Fsp3) is 1.00. The van der Waals surface area contributed by atoms with Gasteiger partial charge in [-0.25, -0.2) is 0 Å². The molecule has 0 spiro atoms. The van der Waals surface area contributed by atoms with Gasteiger partial charge in [-0.05, 0) is 41.9 Å². The Balaban J connectivity index is 2.01. The first-order valence-electron chi connectivity index (χ1n) is 4.01. The van der Waals surface area contributed by atoms with E-state index in [2.05, 4.69) is 31.3 Å². The minimum atomic E-state index is 0.670. The second-order valence-corrected chi connectivity index (χ2v) is 4.63. The molecule has 0 radical (unpaired) electrons. The van der Waals surface area contributed by atoms with Crippen molar-refractivity contribution in [1.29, 1.82) is 0 Å². The highest BCUT2D eigenvalue weighted by Gasteiger charge is 2.40. The topological polar surface area (TPSA) is 0 Å². The monoisotopic (exact) mass is 176 g/mol. The molecule has 0 aliphatic heterocycles. The lowest BCUT2D eigenvalue weighted by Gasteiger charge is -2.09. The fourth-order valence-corrected chi connectivity index (χ4v) is 2.79. The summed E-state index contributed by atoms with van der Waals surface area (Å²) in [7, 11) is 0. The summed E-state index contributed by atoms with van der Waals surface area (Å²) in [5.74, 6) is 3.78. The van der Waals surface area contributed by atoms with Gasteiger partial charge in [-0.15, -0.1) is 0 Å². The number of hydrogen-bond donors (Lipinski definition) is 1. The van der Waals surface area contributed by atoms with E-state index in [0.717, 1.165) is 5.75 Å². The van der Waals surface area contributed by atoms with Crippen molar-refractivity contribution in [2.75, 3.05) is 17.3 Å². The van der Waals surface area contributed by atoms with Crippen LogP contribution in [0.2, 0.25) is 0 Å². The maximum absolute atomic E-state index is 4.35. The second kappa shape index (κ2) is 3.91. The first-order valence-corrected chi connectivity index (χ1v) is 5.80. The molecule has 1 saturated carbocycles. The van der Waals surface area contributed by atoms with Gasteiger partial charge in [-0.1, -0.05) is 6.92 Å². The Kier molecular flexibility index (Phi) is 3.44. The van der Waals surface area contributed by atoms with Gasteiger partial charge in [0.15, 0.2) is 0 Å². The molecule has 0 atom stereocenters. The molecule has 0 unspecified atom stereocenters. The van der Waals surface area contributed by atoms with E-state index in [1.807, 2.05) is 0 Å². The van der Waals surface area contributed by atoms with Gasteiger partial charge in [-0.2, -0.15) is 24.4 Å². The second-order valence-electron chi connectivity index (χ2n) is 3.21. The summed E-state index contributed by atoms with van der Waals surface area (Å²) in [5, 5.41) is 0. The molecule has 0 aromatic heterocycles. The maximum Gasteiger partial charge on any atom is -0.000299 e. The van der Waals surface area contributed by atoms with Crippen LogP contribution in [0.4, 0.5) is 0 Å². The minimum Gasteiger partial charge on any atom is -0.179 e. The standard InChI is InChI=1S/C8H16S2/c1-2-5-10-7-8(6-9)3-4-8/h9H,2-7H2,1H3. The molecule has 0 aromatic rings. The zero-order valence-corrected chi connectivity index (χ0v) is 8.31. The highest BCUT2D eigenvalue weighted by molar-refractivity contribution is 7.99. The molecule has 0 bridgehead atoms. The lowest BCUT2D eigenvalue weighted by Crippen LogP contribution is -2.05. The molecule has 10 heavy (non-hydrogen) atoms. The Hall–Kier alpha value is 0.700. The molecule has 1 aliphatic rings. The summed E-state index contributed by atoms with van der Waals surface area (Å²) >= 11 is 6.45. The van der Waals surface area contributed by atoms with E-state index in [4.69, 9.17) is 0 Å². The molecule has 2 heteroatoms. The van der Waals surface area contributed by atoms with E-state index in [9.17, 15) is 0 Å². The van der Waals surface area contributed by atoms with Crippen LogP contribution in [0.25, 0.3) is 0 Å². The maximum atomic E-state index is 4.35. The molecule has 60 valence electrons. The summed E-state index contributed by atoms with van der Waals surface area (Å²) in [5.41, 5.74) is 0.670. The SMILES string of the molecule is CCCSCC1(CS)CC1. The van der Waals surface area contributed by atoms with E-state index in [-0.39, 0.29) is 0 Å². The molecule has 1 fully saturated rings. The van der Waals surface area contributed by atoms with Crippen molar-refractivity contribution in [3.05, 3.63) is 0 Å². The van der Waals surface area contributed by atoms with Gasteiger partial charge in [-0.3, -0.25) is 0 Å². The van der Waals surface area contributed by atoms with Crippen molar-refractivity contribution in [3.63, 3.8) is 0 Å². The number of thiol groups is 1. The third-order valence-electron chi connectivity index (χ3n) is 2.05. The van der Waals surface area contributed by atoms with Crippen LogP contribution in [-0.2, 0) is 0 Å². The van der Waals surface area contributed by atoms with Gasteiger partial charge in [0.1, 0.15) is 0 Å². The van der Waals surface area contributed by atoms with E-state index in [1.165, 1.54) is 30.8 Å². The molecule has 0 amide bonds. The Morgan fingerprint density at radius 1 is 1.50 bits per heavy atom. The largest absolute Gasteiger partial charge is 0.179 e. The molecular weight excluding hydrogens is 160 g/mol. The van der Waals surface area contributed by atoms with Crippen LogP contribution in [0.5, 0.6) is 0 Å². The predicted molar refractivity (Wildman–Crippen MR) is 53.1 cm³/mol. The fourth-order valence-electron chi connectivity index (χ4n) is 0.958. The van der Waals surface area contributed by atoms with Crippen LogP contribution >= 0.6 is 24.4 Å². The zero-order chi connectivity index (χ0) is 7.45. The summed E-state index contributed by atoms with van der Waals surface area (Å²) < 4.78 is 0. The molecule has 1 aliphatic carbocycles. The summed E-state index contributed by atoms with van der Waals surface area (Å²) in [6.07, 6.45) is 4.16. The van der Waals surface area contributed by atoms with Crippen LogP contribution in [0.15, 0.2) is 0 Å². The number of thioether (sulfide) groups is 1. The quantitative estimate of drug-likeness (QED) is 0.496. The minimum absolute atomic E-state index is 0.670. The first kappa shape index (κ1) is 8.79. The Labute approximate surface area is 73.6 Å². The highest BCUT2D eigenvalue weighted by Crippen LogP contribution is 2.48. The molecule has 0 N–H and O–H groups in total. The predicted octanol–water partition coefficient (Wildman–Crippen LogP) is 2.84. The van der Waals surface area contributed by atoms with E-state index >= 15 is 0 Å². The Morgan fingerprint density at radius 2 is 2.20 bits per heavy atom. The van der Waals surface area contributed by atoms with Gasteiger partial charge < -0.3 is 0 Å². The van der Waals surface area contributed by atoms with Crippen molar-refractivity contribution in [2.24, 2.45) is 5.41 Å². The van der Waals surface area contributed by atoms with Crippen molar-refractivity contribution >= 4 is 24.4 Å². The lowest BCUT2D eigenvalue weighted by molar-refractivity contribution is 0.682. The number of rotatable bonds is 5. The van der Waals surface area contributed by atoms with Crippen LogP contribution in [0.1, 0.15) is 26.2 Å². The van der Waals surface area contributed by atoms with Gasteiger partial charge in [0.2, 0.25) is 0 Å². The smallest absolute Gasteiger partial charge is 0.000299 e. The van der Waals surface area contributed by atoms with Crippen molar-refractivity contribution < 1.29 is 0 Å². The van der Waals surface area contributed by atoms with Crippen LogP contribution in [0, 0.1) is 5.41 Å². The summed E-state index contributed by atoms with van der Waals surface area (Å²) in [6.45, 7) is 2.24. The highest BCUT2D eigenvalue weighted by atomic mass is 32.2. The van der Waals surface area contributed by atoms with Crippen molar-refractivity contribution in [1.82, 2.24) is 0 Å². The van der Waals surface area contributed by atoms with Gasteiger partial charge >= 0.3 is 0 Å². The summed E-state index contributed by atoms with van der Waals surface area (Å²) in [6, 6.07) is 0. The number of hydrogen-bond acceptors (Lipinski definition) is 2. The van der Waals surface area contributed by atoms with E-state index < -0.39 is 0 Å². The average molecular weight is 176 g/mol. The lowest BCUT2D eigenvalue weighted by atomic mass is 10.2. The molecule has 0 aromatic carbocycles. The third-order valence-corrected chi connectivity index (χ3v) is 4.23. The molecule has 0 heterocycles. The van der Waals surface area contributed by atoms with Crippen LogP contribution in [-0.4, -0.2) is 17.3 Å². The summed E-state index contributed by atoms with van der Waals surface area (Å²) in [4.78, 5) is 0. The van der Waals surface area contributed by atoms with Crippen molar-refractivity contribution in [2.45, 2.75) is 26.2 Å². The van der Waals surface area contributed by atoms with E-state index in [1.54, 1.807) is 0 Å². The van der Waals surface area contributed by atoms with Gasteiger partial charge in [0.05, 0.1) is 0 Å². The third kappa shape index (κ3) is 2.39. The molecule has 1 rings (SSSR count). The van der Waals surface area contributed by atoms with Gasteiger partial charge in [0, 0.05) is 0 Å². The Morgan fingerprint density at radius 3 is 2.60 bits per heavy atom. The average Bonchev–Trinajstić information content (AvgIpc) is 2.70. The van der Waals surface area contributed by atoms with E-state index in [0.29, 0.717) is 5.41 Å². The van der Waals surface area contributed by atoms with Crippen LogP contribution in [0.3, 0.4) is 0 Å². The van der Waals surface area contributed by atoms with Crippen LogP contribution < -0.4 is 0 Å².